The molecule has 1 aliphatic heterocycles. The summed E-state index contributed by atoms with van der Waals surface area (Å²) in [7, 11) is 1.67. The van der Waals surface area contributed by atoms with Gasteiger partial charge in [0, 0.05) is 16.7 Å². The molecule has 5 nitrogen and oxygen atoms in total. The highest BCUT2D eigenvalue weighted by atomic mass is 16.8. The van der Waals surface area contributed by atoms with Crippen molar-refractivity contribution in [3.63, 3.8) is 0 Å². The van der Waals surface area contributed by atoms with E-state index in [1.807, 2.05) is 126 Å². The minimum atomic E-state index is -0.746. The number of methoxy groups -OCH3 is 1. The van der Waals surface area contributed by atoms with Crippen LogP contribution in [-0.4, -0.2) is 7.11 Å². The molecular formula is C37H29NO4. The normalized spacial score (nSPS) is 16.3. The molecule has 0 radical (unpaired) electrons. The summed E-state index contributed by atoms with van der Waals surface area (Å²) < 4.78 is 19.2. The molecule has 0 N–H and O–H groups in total. The molecule has 42 heavy (non-hydrogen) atoms. The van der Waals surface area contributed by atoms with Crippen LogP contribution in [0.3, 0.4) is 0 Å². The molecule has 7 rings (SSSR count). The molecule has 5 heteroatoms. The first-order chi connectivity index (χ1) is 20.8. The molecule has 5 aromatic carbocycles. The zero-order chi connectivity index (χ0) is 28.3. The molecular weight excluding hydrogens is 522 g/mol. The average molecular weight is 552 g/mol. The fourth-order valence-electron chi connectivity index (χ4n) is 5.40. The lowest BCUT2D eigenvalue weighted by Gasteiger charge is -2.32. The number of hydroxylamine groups is 1. The molecule has 1 aliphatic rings. The fourth-order valence-corrected chi connectivity index (χ4v) is 5.40. The van der Waals surface area contributed by atoms with Gasteiger partial charge >= 0.3 is 0 Å². The molecule has 2 atom stereocenters. The summed E-state index contributed by atoms with van der Waals surface area (Å²) in [6.07, 6.45) is -0.746. The van der Waals surface area contributed by atoms with E-state index in [0.29, 0.717) is 11.5 Å². The number of anilines is 1. The first-order valence-corrected chi connectivity index (χ1v) is 13.9. The monoisotopic (exact) mass is 551 g/mol. The van der Waals surface area contributed by atoms with E-state index < -0.39 is 12.3 Å². The Kier molecular flexibility index (Phi) is 6.92. The highest BCUT2D eigenvalue weighted by molar-refractivity contribution is 5.78. The van der Waals surface area contributed by atoms with E-state index in [1.54, 1.807) is 7.11 Å². The smallest absolute Gasteiger partial charge is 0.250 e. The number of benzene rings is 5. The SMILES string of the molecule is COc1ccc(N2O[C@@H](c3ccccc3)Oc3c(-c4ccccc4)oc(-c4ccccc4)c3[C@H]2c2ccccc2)cc1. The summed E-state index contributed by atoms with van der Waals surface area (Å²) in [4.78, 5) is 6.88. The number of ether oxygens (including phenoxy) is 2. The van der Waals surface area contributed by atoms with Crippen LogP contribution in [0.2, 0.25) is 0 Å². The van der Waals surface area contributed by atoms with Crippen molar-refractivity contribution in [2.75, 3.05) is 12.2 Å². The summed E-state index contributed by atoms with van der Waals surface area (Å²) in [6.45, 7) is 0. The highest BCUT2D eigenvalue weighted by Gasteiger charge is 2.40. The van der Waals surface area contributed by atoms with E-state index in [1.165, 1.54) is 0 Å². The predicted molar refractivity (Wildman–Crippen MR) is 164 cm³/mol. The zero-order valence-corrected chi connectivity index (χ0v) is 23.1. The number of furan rings is 1. The largest absolute Gasteiger partial charge is 0.497 e. The Morgan fingerprint density at radius 1 is 0.571 bits per heavy atom. The second-order valence-corrected chi connectivity index (χ2v) is 10.0. The van der Waals surface area contributed by atoms with Crippen molar-refractivity contribution < 1.29 is 18.7 Å². The lowest BCUT2D eigenvalue weighted by molar-refractivity contribution is -0.0935. The van der Waals surface area contributed by atoms with Gasteiger partial charge in [-0.3, -0.25) is 0 Å². The van der Waals surface area contributed by atoms with Gasteiger partial charge in [-0.15, -0.1) is 0 Å². The quantitative estimate of drug-likeness (QED) is 0.206. The van der Waals surface area contributed by atoms with Crippen LogP contribution in [0.25, 0.3) is 22.6 Å². The lowest BCUT2D eigenvalue weighted by Crippen LogP contribution is -2.30. The molecule has 1 aromatic heterocycles. The fraction of sp³-hybridized carbons (Fsp3) is 0.0811. The van der Waals surface area contributed by atoms with Crippen LogP contribution in [-0.2, 0) is 4.84 Å². The first kappa shape index (κ1) is 25.7. The van der Waals surface area contributed by atoms with Crippen molar-refractivity contribution in [3.05, 3.63) is 162 Å². The standard InChI is InChI=1S/C37H29NO4/c1-39-31-24-22-30(23-25-31)38-33(26-14-6-2-7-15-26)32-34(27-16-8-3-9-17-27)40-35(28-18-10-4-11-19-28)36(32)41-37(42-38)29-20-12-5-13-21-29/h2-25,33,37H,1H3/t33-,37+/m1/s1. The van der Waals surface area contributed by atoms with Crippen LogP contribution in [0.4, 0.5) is 5.69 Å². The molecule has 0 aliphatic carbocycles. The number of fused-ring (bicyclic) bond motifs is 1. The van der Waals surface area contributed by atoms with E-state index in [2.05, 4.69) is 24.3 Å². The topological polar surface area (TPSA) is 44.1 Å². The summed E-state index contributed by atoms with van der Waals surface area (Å²) in [6, 6.07) is 48.1. The van der Waals surface area contributed by atoms with E-state index in [4.69, 9.17) is 18.7 Å². The minimum Gasteiger partial charge on any atom is -0.497 e. The first-order valence-electron chi connectivity index (χ1n) is 13.9. The summed E-state index contributed by atoms with van der Waals surface area (Å²) in [5.41, 5.74) is 5.53. The Hall–Kier alpha value is -5.26. The Morgan fingerprint density at radius 3 is 1.67 bits per heavy atom. The molecule has 0 bridgehead atoms. The molecule has 0 fully saturated rings. The van der Waals surface area contributed by atoms with Crippen molar-refractivity contribution in [3.8, 4) is 34.1 Å². The van der Waals surface area contributed by atoms with E-state index in [-0.39, 0.29) is 0 Å². The third-order valence-electron chi connectivity index (χ3n) is 7.43. The number of rotatable bonds is 6. The molecule has 0 unspecified atom stereocenters. The Balaban J connectivity index is 1.54. The van der Waals surface area contributed by atoms with Crippen LogP contribution in [0, 0.1) is 0 Å². The Bertz CT molecular complexity index is 1750. The van der Waals surface area contributed by atoms with Gasteiger partial charge in [0.2, 0.25) is 6.29 Å². The van der Waals surface area contributed by atoms with Crippen molar-refractivity contribution in [2.24, 2.45) is 0 Å². The van der Waals surface area contributed by atoms with Crippen molar-refractivity contribution in [2.45, 2.75) is 12.3 Å². The second-order valence-electron chi connectivity index (χ2n) is 10.0. The van der Waals surface area contributed by atoms with Gasteiger partial charge in [-0.2, -0.15) is 0 Å². The van der Waals surface area contributed by atoms with Gasteiger partial charge in [-0.25, -0.2) is 9.90 Å². The summed E-state index contributed by atoms with van der Waals surface area (Å²) in [5, 5.41) is 1.94. The Labute approximate surface area is 245 Å². The van der Waals surface area contributed by atoms with Crippen molar-refractivity contribution in [1.29, 1.82) is 0 Å². The zero-order valence-electron chi connectivity index (χ0n) is 23.1. The predicted octanol–water partition coefficient (Wildman–Crippen LogP) is 9.24. The minimum absolute atomic E-state index is 0.403. The van der Waals surface area contributed by atoms with Crippen LogP contribution in [0.15, 0.2) is 150 Å². The molecule has 0 saturated heterocycles. The number of nitrogens with zero attached hydrogens (tertiary/aromatic N) is 1. The number of hydrogen-bond acceptors (Lipinski definition) is 5. The molecule has 0 spiro atoms. The second kappa shape index (κ2) is 11.3. The average Bonchev–Trinajstić information content (AvgIpc) is 3.34. The third kappa shape index (κ3) is 4.80. The molecule has 6 aromatic rings. The van der Waals surface area contributed by atoms with Crippen LogP contribution >= 0.6 is 0 Å². The van der Waals surface area contributed by atoms with Crippen LogP contribution in [0.1, 0.15) is 29.0 Å². The van der Waals surface area contributed by atoms with Gasteiger partial charge in [0.05, 0.1) is 18.4 Å². The van der Waals surface area contributed by atoms with Crippen LogP contribution < -0.4 is 14.5 Å². The summed E-state index contributed by atoms with van der Waals surface area (Å²) >= 11 is 0. The molecule has 0 saturated carbocycles. The van der Waals surface area contributed by atoms with Gasteiger partial charge in [0.1, 0.15) is 17.6 Å². The molecule has 206 valence electrons. The number of hydrogen-bond donors (Lipinski definition) is 0. The van der Waals surface area contributed by atoms with E-state index >= 15 is 0 Å². The maximum atomic E-state index is 6.90. The maximum Gasteiger partial charge on any atom is 0.250 e. The lowest BCUT2D eigenvalue weighted by atomic mass is 9.94. The maximum absolute atomic E-state index is 6.90. The van der Waals surface area contributed by atoms with Gasteiger partial charge in [0.15, 0.2) is 11.5 Å². The highest BCUT2D eigenvalue weighted by Crippen LogP contribution is 2.53. The van der Waals surface area contributed by atoms with Crippen LogP contribution in [0.5, 0.6) is 11.5 Å². The Morgan fingerprint density at radius 2 is 1.10 bits per heavy atom. The van der Waals surface area contributed by atoms with Gasteiger partial charge < -0.3 is 13.9 Å². The molecule has 0 amide bonds. The van der Waals surface area contributed by atoms with Gasteiger partial charge in [-0.1, -0.05) is 121 Å². The van der Waals surface area contributed by atoms with Gasteiger partial charge in [-0.05, 0) is 29.8 Å². The van der Waals surface area contributed by atoms with Crippen molar-refractivity contribution >= 4 is 5.69 Å². The molecule has 2 heterocycles. The van der Waals surface area contributed by atoms with E-state index in [9.17, 15) is 0 Å². The van der Waals surface area contributed by atoms with Gasteiger partial charge in [0.25, 0.3) is 0 Å². The third-order valence-corrected chi connectivity index (χ3v) is 7.43. The summed E-state index contributed by atoms with van der Waals surface area (Å²) in [5.74, 6) is 2.81. The van der Waals surface area contributed by atoms with Crippen molar-refractivity contribution in [1.82, 2.24) is 0 Å². The van der Waals surface area contributed by atoms with E-state index in [0.717, 1.165) is 45.0 Å².